The van der Waals surface area contributed by atoms with Crippen LogP contribution in [-0.2, 0) is 22.2 Å². The highest BCUT2D eigenvalue weighted by Crippen LogP contribution is 2.36. The van der Waals surface area contributed by atoms with Crippen molar-refractivity contribution in [1.82, 2.24) is 9.47 Å². The van der Waals surface area contributed by atoms with Gasteiger partial charge in [-0.1, -0.05) is 19.1 Å². The van der Waals surface area contributed by atoms with Gasteiger partial charge >= 0.3 is 18.0 Å². The summed E-state index contributed by atoms with van der Waals surface area (Å²) in [5.41, 5.74) is -1.88. The fourth-order valence-corrected chi connectivity index (χ4v) is 5.03. The number of alkyl halides is 2. The number of benzene rings is 1. The van der Waals surface area contributed by atoms with Crippen molar-refractivity contribution in [3.8, 4) is 11.3 Å². The molecular formula is C23H24F3N3O5. The first kappa shape index (κ1) is 23.8. The summed E-state index contributed by atoms with van der Waals surface area (Å²) >= 11 is 0. The molecule has 11 heteroatoms. The molecule has 2 aromatic rings. The maximum absolute atomic E-state index is 14.9. The van der Waals surface area contributed by atoms with Crippen LogP contribution in [0.5, 0.6) is 0 Å². The van der Waals surface area contributed by atoms with Gasteiger partial charge in [0.25, 0.3) is 5.56 Å². The molecule has 0 saturated carbocycles. The molecule has 8 nitrogen and oxygen atoms in total. The summed E-state index contributed by atoms with van der Waals surface area (Å²) in [6.07, 6.45) is 1.18. The Kier molecular flexibility index (Phi) is 6.15. The lowest BCUT2D eigenvalue weighted by Gasteiger charge is -2.24. The summed E-state index contributed by atoms with van der Waals surface area (Å²) < 4.78 is 41.9. The molecule has 0 amide bonds. The topological polar surface area (TPSA) is 92.1 Å². The Labute approximate surface area is 193 Å². The fourth-order valence-electron chi connectivity index (χ4n) is 5.03. The van der Waals surface area contributed by atoms with Crippen molar-refractivity contribution in [1.29, 1.82) is 0 Å². The zero-order valence-corrected chi connectivity index (χ0v) is 18.6. The molecule has 2 aliphatic rings. The number of rotatable bonds is 6. The van der Waals surface area contributed by atoms with Gasteiger partial charge in [-0.05, 0) is 61.7 Å². The van der Waals surface area contributed by atoms with E-state index in [1.807, 2.05) is 0 Å². The number of likely N-dealkylation sites (tertiary alicyclic amines) is 1. The smallest absolute Gasteiger partial charge is 0.440 e. The van der Waals surface area contributed by atoms with Crippen LogP contribution >= 0.6 is 0 Å². The van der Waals surface area contributed by atoms with Crippen molar-refractivity contribution in [3.05, 3.63) is 51.8 Å². The number of carbonyl (C=O) groups excluding carboxylic acids is 1. The number of aromatic carboxylic acids is 1. The van der Waals surface area contributed by atoms with Crippen LogP contribution in [0.4, 0.5) is 19.0 Å². The van der Waals surface area contributed by atoms with E-state index in [-0.39, 0.29) is 27.8 Å². The Morgan fingerprint density at radius 1 is 1.21 bits per heavy atom. The van der Waals surface area contributed by atoms with E-state index < -0.39 is 29.1 Å². The predicted molar refractivity (Wildman–Crippen MR) is 117 cm³/mol. The number of pyridine rings is 1. The number of nitrogens with zero attached hydrogens (tertiary/aromatic N) is 3. The number of anilines is 1. The molecule has 2 saturated heterocycles. The second-order valence-electron chi connectivity index (χ2n) is 8.69. The lowest BCUT2D eigenvalue weighted by Crippen LogP contribution is -2.44. The minimum atomic E-state index is -4.77. The highest BCUT2D eigenvalue weighted by atomic mass is 19.3. The van der Waals surface area contributed by atoms with Crippen LogP contribution in [0.15, 0.2) is 35.1 Å². The van der Waals surface area contributed by atoms with Crippen molar-refractivity contribution in [3.63, 3.8) is 0 Å². The molecule has 0 bridgehead atoms. The predicted octanol–water partition coefficient (Wildman–Crippen LogP) is 2.89. The third-order valence-corrected chi connectivity index (χ3v) is 6.82. The first-order valence-corrected chi connectivity index (χ1v) is 10.9. The molecule has 2 atom stereocenters. The molecule has 0 aliphatic carbocycles. The average Bonchev–Trinajstić information content (AvgIpc) is 3.39. The number of carbonyl (C=O) groups is 2. The van der Waals surface area contributed by atoms with E-state index in [4.69, 9.17) is 0 Å². The van der Waals surface area contributed by atoms with Crippen molar-refractivity contribution >= 4 is 17.6 Å². The third-order valence-electron chi connectivity index (χ3n) is 6.82. The normalized spacial score (nSPS) is 20.4. The van der Waals surface area contributed by atoms with Crippen molar-refractivity contribution in [2.75, 3.05) is 31.6 Å². The van der Waals surface area contributed by atoms with Crippen LogP contribution in [0.2, 0.25) is 0 Å². The van der Waals surface area contributed by atoms with Crippen LogP contribution in [0.1, 0.15) is 29.3 Å². The molecule has 0 spiro atoms. The van der Waals surface area contributed by atoms with Crippen LogP contribution in [0.25, 0.3) is 11.3 Å². The van der Waals surface area contributed by atoms with Gasteiger partial charge in [-0.2, -0.15) is 8.78 Å². The largest absolute Gasteiger partial charge is 0.477 e. The molecule has 182 valence electrons. The lowest BCUT2D eigenvalue weighted by atomic mass is 10.00. The fraction of sp³-hybridized carbons (Fsp3) is 0.435. The van der Waals surface area contributed by atoms with E-state index in [1.54, 1.807) is 19.1 Å². The molecule has 1 N–H and O–H groups in total. The van der Waals surface area contributed by atoms with Gasteiger partial charge in [-0.15, -0.1) is 0 Å². The first-order valence-electron chi connectivity index (χ1n) is 10.9. The Hall–Kier alpha value is -3.34. The molecule has 3 heterocycles. The Bertz CT molecular complexity index is 1180. The summed E-state index contributed by atoms with van der Waals surface area (Å²) in [5, 5.41) is 9.32. The second kappa shape index (κ2) is 8.79. The zero-order valence-electron chi connectivity index (χ0n) is 18.6. The van der Waals surface area contributed by atoms with E-state index in [1.165, 1.54) is 12.1 Å². The molecule has 1 aromatic heterocycles. The summed E-state index contributed by atoms with van der Waals surface area (Å²) in [5.74, 6) is -3.82. The molecule has 4 rings (SSSR count). The maximum Gasteiger partial charge on any atom is 0.440 e. The van der Waals surface area contributed by atoms with Gasteiger partial charge in [0, 0.05) is 29.3 Å². The third kappa shape index (κ3) is 3.83. The lowest BCUT2D eigenvalue weighted by molar-refractivity contribution is -0.226. The molecule has 2 fully saturated rings. The summed E-state index contributed by atoms with van der Waals surface area (Å²) in [7, 11) is 2.09. The van der Waals surface area contributed by atoms with Gasteiger partial charge < -0.3 is 14.9 Å². The number of halogens is 3. The van der Waals surface area contributed by atoms with Crippen LogP contribution < -0.4 is 10.5 Å². The standard InChI is InChI=1S/C23H24F3N3O5/c1-3-13-10-17(21(31)32)20(30)29(23(24,25)22(33)34-26)19(13)14-4-6-16(7-5-14)28-11-15-8-9-27(2)18(15)12-28/h4-7,10,15,18H,3,8-9,11-12H2,1-2H3,(H,31,32)/t15-,18+/m1/s1. The summed E-state index contributed by atoms with van der Waals surface area (Å²) in [4.78, 5) is 43.0. The molecule has 1 aromatic carbocycles. The van der Waals surface area contributed by atoms with Crippen LogP contribution in [0, 0.1) is 5.92 Å². The van der Waals surface area contributed by atoms with Crippen LogP contribution in [0.3, 0.4) is 0 Å². The van der Waals surface area contributed by atoms with E-state index in [0.29, 0.717) is 12.0 Å². The number of hydrogen-bond acceptors (Lipinski definition) is 6. The van der Waals surface area contributed by atoms with Crippen molar-refractivity contribution < 1.29 is 32.9 Å². The number of likely N-dealkylation sites (N-methyl/N-ethyl adjacent to an activating group) is 1. The van der Waals surface area contributed by atoms with Gasteiger partial charge in [-0.3, -0.25) is 4.79 Å². The average molecular weight is 479 g/mol. The highest BCUT2D eigenvalue weighted by molar-refractivity contribution is 5.89. The van der Waals surface area contributed by atoms with Gasteiger partial charge in [0.1, 0.15) is 5.56 Å². The highest BCUT2D eigenvalue weighted by Gasteiger charge is 2.48. The number of carboxylic acid groups (broad SMARTS) is 1. The molecule has 34 heavy (non-hydrogen) atoms. The number of hydrogen-bond donors (Lipinski definition) is 1. The van der Waals surface area contributed by atoms with Gasteiger partial charge in [0.05, 0.1) is 5.69 Å². The van der Waals surface area contributed by atoms with E-state index in [2.05, 4.69) is 21.8 Å². The molecule has 0 radical (unpaired) electrons. The quantitative estimate of drug-likeness (QED) is 0.681. The Balaban J connectivity index is 1.81. The SMILES string of the molecule is CCc1cc(C(=O)O)c(=O)n(C(F)(F)C(=O)OF)c1-c1ccc(N2C[C@H]3CCN(C)[C@H]3C2)cc1. The Morgan fingerprint density at radius 2 is 1.88 bits per heavy atom. The maximum atomic E-state index is 14.9. The summed E-state index contributed by atoms with van der Waals surface area (Å²) in [6.45, 7) is 4.34. The van der Waals surface area contributed by atoms with Gasteiger partial charge in [-0.25, -0.2) is 19.1 Å². The zero-order chi connectivity index (χ0) is 24.8. The minimum absolute atomic E-state index is 0.0697. The number of aromatic nitrogens is 1. The monoisotopic (exact) mass is 479 g/mol. The summed E-state index contributed by atoms with van der Waals surface area (Å²) in [6, 6.07) is 3.17. The number of carboxylic acids is 1. The van der Waals surface area contributed by atoms with E-state index in [0.717, 1.165) is 37.8 Å². The second-order valence-corrected chi connectivity index (χ2v) is 8.69. The molecule has 2 aliphatic heterocycles. The molecular weight excluding hydrogens is 455 g/mol. The minimum Gasteiger partial charge on any atom is -0.477 e. The van der Waals surface area contributed by atoms with E-state index >= 15 is 0 Å². The van der Waals surface area contributed by atoms with Gasteiger partial charge in [0.15, 0.2) is 0 Å². The molecule has 0 unspecified atom stereocenters. The van der Waals surface area contributed by atoms with E-state index in [9.17, 15) is 32.8 Å². The van der Waals surface area contributed by atoms with Crippen LogP contribution in [-0.4, -0.2) is 59.2 Å². The van der Waals surface area contributed by atoms with Gasteiger partial charge in [0.2, 0.25) is 0 Å². The Morgan fingerprint density at radius 3 is 2.44 bits per heavy atom. The van der Waals surface area contributed by atoms with Crippen molar-refractivity contribution in [2.24, 2.45) is 5.92 Å². The first-order chi connectivity index (χ1) is 16.1. The van der Waals surface area contributed by atoms with Crippen molar-refractivity contribution in [2.45, 2.75) is 31.9 Å². The number of fused-ring (bicyclic) bond motifs is 1. The number of aryl methyl sites for hydroxylation is 1.